The predicted octanol–water partition coefficient (Wildman–Crippen LogP) is 8.04. The van der Waals surface area contributed by atoms with E-state index in [2.05, 4.69) is 0 Å². The number of ketones is 1. The number of rotatable bonds is 9. The summed E-state index contributed by atoms with van der Waals surface area (Å²) in [7, 11) is -4.44. The molecule has 1 saturated heterocycles. The zero-order valence-electron chi connectivity index (χ0n) is 27.0. The molecule has 2 N–H and O–H groups in total. The van der Waals surface area contributed by atoms with Crippen molar-refractivity contribution in [2.45, 2.75) is 44.5 Å². The zero-order chi connectivity index (χ0) is 35.2. The summed E-state index contributed by atoms with van der Waals surface area (Å²) >= 11 is 1.41. The number of alkyl halides is 3. The molecule has 3 atom stereocenters. The summed E-state index contributed by atoms with van der Waals surface area (Å²) in [6, 6.07) is 24.5. The molecule has 1 aliphatic heterocycles. The average molecular weight is 720 g/mol. The summed E-state index contributed by atoms with van der Waals surface area (Å²) in [4.78, 5) is 34.8. The van der Waals surface area contributed by atoms with E-state index in [4.69, 9.17) is 19.8 Å². The first-order valence-electron chi connectivity index (χ1n) is 16.3. The minimum absolute atomic E-state index is 0.0553. The van der Waals surface area contributed by atoms with Crippen molar-refractivity contribution in [2.75, 3.05) is 19.7 Å². The van der Waals surface area contributed by atoms with E-state index in [0.717, 1.165) is 15.1 Å². The highest BCUT2D eigenvalue weighted by molar-refractivity contribution is 7.62. The SMILES string of the molecule is CCCCN(CC(F)(F)F)C(=O)C1c2ccccc2-c2ccc(C(=O)c3ccccc3-c3nc4ccccc4s3)c(P3(=O)OCCC(N)O3)c21. The highest BCUT2D eigenvalue weighted by atomic mass is 32.1. The molecule has 1 fully saturated rings. The number of fused-ring (bicyclic) bond motifs is 4. The lowest BCUT2D eigenvalue weighted by atomic mass is 9.91. The number of unbranched alkanes of at least 4 members (excludes halogenated alkanes) is 1. The molecule has 1 amide bonds. The highest BCUT2D eigenvalue weighted by Crippen LogP contribution is 2.57. The van der Waals surface area contributed by atoms with Crippen LogP contribution in [0.3, 0.4) is 0 Å². The Hall–Kier alpha value is -4.19. The number of aromatic nitrogens is 1. The van der Waals surface area contributed by atoms with Gasteiger partial charge in [-0.05, 0) is 46.9 Å². The van der Waals surface area contributed by atoms with Crippen molar-refractivity contribution < 1.29 is 36.4 Å². The molecule has 1 aliphatic carbocycles. The van der Waals surface area contributed by atoms with Crippen molar-refractivity contribution in [3.63, 3.8) is 0 Å². The van der Waals surface area contributed by atoms with Crippen LogP contribution in [0.1, 0.15) is 59.2 Å². The third-order valence-corrected chi connectivity index (χ3v) is 12.1. The maximum atomic E-state index is 14.9. The fourth-order valence-corrected chi connectivity index (χ4v) is 9.83. The van der Waals surface area contributed by atoms with Crippen molar-refractivity contribution in [1.82, 2.24) is 9.88 Å². The van der Waals surface area contributed by atoms with Crippen LogP contribution in [0.2, 0.25) is 0 Å². The zero-order valence-corrected chi connectivity index (χ0v) is 28.7. The van der Waals surface area contributed by atoms with E-state index in [1.165, 1.54) is 17.4 Å². The van der Waals surface area contributed by atoms with E-state index in [1.54, 1.807) is 54.6 Å². The van der Waals surface area contributed by atoms with Crippen LogP contribution in [-0.2, 0) is 18.4 Å². The molecule has 258 valence electrons. The Kier molecular flexibility index (Phi) is 9.25. The Balaban J connectivity index is 1.45. The molecule has 3 unspecified atom stereocenters. The van der Waals surface area contributed by atoms with Crippen LogP contribution in [0.15, 0.2) is 84.9 Å². The highest BCUT2D eigenvalue weighted by Gasteiger charge is 2.48. The molecule has 2 heterocycles. The molecule has 50 heavy (non-hydrogen) atoms. The first-order valence-corrected chi connectivity index (χ1v) is 18.7. The van der Waals surface area contributed by atoms with Gasteiger partial charge < -0.3 is 15.2 Å². The van der Waals surface area contributed by atoms with Gasteiger partial charge in [0.05, 0.1) is 28.0 Å². The molecule has 0 saturated carbocycles. The number of carbonyl (C=O) groups excluding carboxylic acids is 2. The Labute approximate surface area is 290 Å². The van der Waals surface area contributed by atoms with Gasteiger partial charge in [-0.3, -0.25) is 18.7 Å². The van der Waals surface area contributed by atoms with Crippen LogP contribution < -0.4 is 11.0 Å². The first kappa shape index (κ1) is 34.3. The number of benzene rings is 4. The Morgan fingerprint density at radius 2 is 1.68 bits per heavy atom. The largest absolute Gasteiger partial charge is 0.406 e. The first-order chi connectivity index (χ1) is 24.0. The van der Waals surface area contributed by atoms with E-state index >= 15 is 0 Å². The fourth-order valence-electron chi connectivity index (χ4n) is 6.70. The van der Waals surface area contributed by atoms with Gasteiger partial charge >= 0.3 is 13.8 Å². The fraction of sp³-hybridized carbons (Fsp3) is 0.270. The summed E-state index contributed by atoms with van der Waals surface area (Å²) in [5, 5.41) is 0.433. The molecule has 5 aromatic rings. The smallest absolute Gasteiger partial charge is 0.333 e. The van der Waals surface area contributed by atoms with E-state index in [0.29, 0.717) is 40.1 Å². The second kappa shape index (κ2) is 13.5. The summed E-state index contributed by atoms with van der Waals surface area (Å²) in [6.45, 7) is 0.173. The van der Waals surface area contributed by atoms with Crippen LogP contribution in [0, 0.1) is 0 Å². The van der Waals surface area contributed by atoms with E-state index < -0.39 is 44.2 Å². The van der Waals surface area contributed by atoms with Crippen molar-refractivity contribution in [1.29, 1.82) is 0 Å². The molecule has 0 spiro atoms. The third kappa shape index (κ3) is 6.31. The van der Waals surface area contributed by atoms with Gasteiger partial charge in [0.15, 0.2) is 5.78 Å². The summed E-state index contributed by atoms with van der Waals surface area (Å²) < 4.78 is 69.3. The van der Waals surface area contributed by atoms with Crippen LogP contribution in [0.5, 0.6) is 0 Å². The predicted molar refractivity (Wildman–Crippen MR) is 187 cm³/mol. The van der Waals surface area contributed by atoms with E-state index in [-0.39, 0.29) is 41.6 Å². The Morgan fingerprint density at radius 1 is 0.960 bits per heavy atom. The molecular formula is C37H33F3N3O5PS. The number of hydrogen-bond acceptors (Lipinski definition) is 8. The number of hydrogen-bond donors (Lipinski definition) is 1. The van der Waals surface area contributed by atoms with Crippen LogP contribution in [-0.4, -0.2) is 53.7 Å². The summed E-state index contributed by atoms with van der Waals surface area (Å²) in [5.41, 5.74) is 9.24. The van der Waals surface area contributed by atoms with Gasteiger partial charge in [-0.25, -0.2) is 4.98 Å². The van der Waals surface area contributed by atoms with Gasteiger partial charge in [0.1, 0.15) is 17.8 Å². The van der Waals surface area contributed by atoms with Crippen LogP contribution in [0.4, 0.5) is 13.2 Å². The molecule has 0 bridgehead atoms. The Morgan fingerprint density at radius 3 is 2.42 bits per heavy atom. The number of carbonyl (C=O) groups is 2. The second-order valence-electron chi connectivity index (χ2n) is 12.3. The number of halogens is 3. The van der Waals surface area contributed by atoms with E-state index in [1.807, 2.05) is 31.2 Å². The van der Waals surface area contributed by atoms with Crippen molar-refractivity contribution in [2.24, 2.45) is 5.73 Å². The number of thiazole rings is 1. The van der Waals surface area contributed by atoms with Gasteiger partial charge in [-0.1, -0.05) is 80.1 Å². The molecule has 0 radical (unpaired) electrons. The molecule has 7 rings (SSSR count). The second-order valence-corrected chi connectivity index (χ2v) is 15.2. The third-order valence-electron chi connectivity index (χ3n) is 8.93. The number of amides is 1. The maximum Gasteiger partial charge on any atom is 0.406 e. The minimum atomic E-state index is -4.66. The number of para-hydroxylation sites is 1. The van der Waals surface area contributed by atoms with Crippen molar-refractivity contribution in [3.05, 3.63) is 107 Å². The summed E-state index contributed by atoms with van der Waals surface area (Å²) in [6.07, 6.45) is -4.54. The average Bonchev–Trinajstić information content (AvgIpc) is 3.68. The lowest BCUT2D eigenvalue weighted by molar-refractivity contribution is -0.161. The van der Waals surface area contributed by atoms with Gasteiger partial charge in [0.25, 0.3) is 0 Å². The molecular weight excluding hydrogens is 686 g/mol. The van der Waals surface area contributed by atoms with Gasteiger partial charge in [0, 0.05) is 29.7 Å². The number of nitrogens with zero attached hydrogens (tertiary/aromatic N) is 2. The summed E-state index contributed by atoms with van der Waals surface area (Å²) in [5.74, 6) is -2.69. The normalized spacial score (nSPS) is 20.0. The lowest BCUT2D eigenvalue weighted by Gasteiger charge is -2.32. The molecule has 1 aromatic heterocycles. The minimum Gasteiger partial charge on any atom is -0.333 e. The van der Waals surface area contributed by atoms with Crippen molar-refractivity contribution in [3.8, 4) is 21.7 Å². The molecule has 4 aromatic carbocycles. The molecule has 13 heteroatoms. The van der Waals surface area contributed by atoms with Crippen LogP contribution in [0.25, 0.3) is 31.9 Å². The molecule has 8 nitrogen and oxygen atoms in total. The van der Waals surface area contributed by atoms with E-state index in [9.17, 15) is 27.3 Å². The van der Waals surface area contributed by atoms with Crippen molar-refractivity contribution >= 4 is 46.1 Å². The molecule has 2 aliphatic rings. The lowest BCUT2D eigenvalue weighted by Crippen LogP contribution is -2.43. The standard InChI is InChI=1S/C37H33F3N3O5PS/c1-2-3-19-43(21-37(38,39)40)36(45)32-23-11-5-4-10-22(23)24-16-17-27(34(31(24)32)49(46)47-20-18-30(41)48-49)33(44)25-12-6-7-13-26(25)35-42-28-14-8-9-15-29(28)50-35/h4-17,30,32H,2-3,18-21,41H2,1H3. The topological polar surface area (TPSA) is 112 Å². The number of nitrogens with two attached hydrogens (primary N) is 1. The maximum absolute atomic E-state index is 14.9. The van der Waals surface area contributed by atoms with Crippen LogP contribution >= 0.6 is 18.9 Å². The quantitative estimate of drug-likeness (QED) is 0.121. The van der Waals surface area contributed by atoms with Gasteiger partial charge in [-0.15, -0.1) is 11.3 Å². The monoisotopic (exact) mass is 719 g/mol. The van der Waals surface area contributed by atoms with Gasteiger partial charge in [-0.2, -0.15) is 13.2 Å². The Bertz CT molecular complexity index is 2140. The van der Waals surface area contributed by atoms with Gasteiger partial charge in [0.2, 0.25) is 5.91 Å².